The van der Waals surface area contributed by atoms with Crippen LogP contribution < -0.4 is 14.7 Å². The molecule has 3 aromatic rings. The molecule has 0 aliphatic carbocycles. The molecule has 2 aromatic heterocycles. The van der Waals surface area contributed by atoms with E-state index in [2.05, 4.69) is 26.6 Å². The quantitative estimate of drug-likeness (QED) is 0.552. The first kappa shape index (κ1) is 22.7. The van der Waals surface area contributed by atoms with E-state index in [1.165, 1.54) is 6.07 Å². The Morgan fingerprint density at radius 1 is 0.941 bits per heavy atom. The molecule has 0 spiro atoms. The molecule has 0 amide bonds. The summed E-state index contributed by atoms with van der Waals surface area (Å²) in [5.41, 5.74) is 0.432. The maximum Gasteiger partial charge on any atom is 0.163 e. The number of anilines is 3. The number of hydrogen-bond donors (Lipinski definition) is 0. The summed E-state index contributed by atoms with van der Waals surface area (Å²) in [4.78, 5) is 20.4. The Morgan fingerprint density at radius 2 is 1.74 bits per heavy atom. The molecule has 0 saturated carbocycles. The number of rotatable bonds is 4. The maximum absolute atomic E-state index is 14.0. The molecule has 10 heteroatoms. The predicted octanol–water partition coefficient (Wildman–Crippen LogP) is 4.02. The fourth-order valence-electron chi connectivity index (χ4n) is 4.39. The van der Waals surface area contributed by atoms with Crippen molar-refractivity contribution < 1.29 is 13.5 Å². The number of aromatic nitrogens is 3. The molecule has 7 nitrogen and oxygen atoms in total. The first-order valence-electron chi connectivity index (χ1n) is 11.3. The molecule has 2 fully saturated rings. The fourth-order valence-corrected chi connectivity index (χ4v) is 4.63. The lowest BCUT2D eigenvalue weighted by Crippen LogP contribution is -2.52. The molecule has 2 saturated heterocycles. The van der Waals surface area contributed by atoms with E-state index in [9.17, 15) is 8.78 Å². The second-order valence-corrected chi connectivity index (χ2v) is 8.84. The van der Waals surface area contributed by atoms with Crippen molar-refractivity contribution in [2.24, 2.45) is 0 Å². The van der Waals surface area contributed by atoms with Crippen LogP contribution in [0.5, 0.6) is 0 Å². The Balaban J connectivity index is 1.47. The van der Waals surface area contributed by atoms with E-state index in [-0.39, 0.29) is 6.04 Å². The number of piperazine rings is 1. The van der Waals surface area contributed by atoms with Crippen molar-refractivity contribution in [3.05, 3.63) is 59.3 Å². The molecule has 0 bridgehead atoms. The van der Waals surface area contributed by atoms with Crippen molar-refractivity contribution in [3.8, 4) is 11.4 Å². The monoisotopic (exact) mass is 486 g/mol. The third kappa shape index (κ3) is 4.63. The SMILES string of the molecule is CC1CN(c2ncccc2Cl)CCN1c1cc(N2CCOCC2)nc(-c2ccc(F)c(F)c2)n1. The molecule has 1 unspecified atom stereocenters. The van der Waals surface area contributed by atoms with Gasteiger partial charge < -0.3 is 19.4 Å². The summed E-state index contributed by atoms with van der Waals surface area (Å²) in [7, 11) is 0. The Bertz CT molecular complexity index is 1180. The Morgan fingerprint density at radius 3 is 2.47 bits per heavy atom. The van der Waals surface area contributed by atoms with E-state index in [0.29, 0.717) is 55.8 Å². The minimum atomic E-state index is -0.923. The molecule has 178 valence electrons. The maximum atomic E-state index is 14.0. The van der Waals surface area contributed by atoms with E-state index in [4.69, 9.17) is 26.3 Å². The lowest BCUT2D eigenvalue weighted by atomic mass is 10.1. The van der Waals surface area contributed by atoms with Crippen LogP contribution in [0.15, 0.2) is 42.6 Å². The number of halogens is 3. The summed E-state index contributed by atoms with van der Waals surface area (Å²) in [6, 6.07) is 9.49. The second kappa shape index (κ2) is 9.68. The summed E-state index contributed by atoms with van der Waals surface area (Å²) >= 11 is 6.37. The molecule has 1 aromatic carbocycles. The molecule has 5 rings (SSSR count). The summed E-state index contributed by atoms with van der Waals surface area (Å²) < 4.78 is 33.0. The van der Waals surface area contributed by atoms with Gasteiger partial charge in [0, 0.05) is 56.6 Å². The smallest absolute Gasteiger partial charge is 0.163 e. The average molecular weight is 487 g/mol. The summed E-state index contributed by atoms with van der Waals surface area (Å²) in [6.45, 7) is 6.89. The van der Waals surface area contributed by atoms with Gasteiger partial charge in [-0.1, -0.05) is 11.6 Å². The number of pyridine rings is 1. The molecule has 0 N–H and O–H groups in total. The van der Waals surface area contributed by atoms with Crippen LogP contribution in [0.1, 0.15) is 6.92 Å². The van der Waals surface area contributed by atoms with Crippen LogP contribution in [0.2, 0.25) is 5.02 Å². The van der Waals surface area contributed by atoms with Gasteiger partial charge in [-0.2, -0.15) is 0 Å². The van der Waals surface area contributed by atoms with Crippen molar-refractivity contribution in [1.29, 1.82) is 0 Å². The third-order valence-corrected chi connectivity index (χ3v) is 6.47. The van der Waals surface area contributed by atoms with E-state index < -0.39 is 11.6 Å². The van der Waals surface area contributed by atoms with Crippen LogP contribution in [0.3, 0.4) is 0 Å². The standard InChI is InChI=1S/C24H25ClF2N6O/c1-16-15-32(24-18(25)3-2-6-28-24)7-8-33(16)22-14-21(31-9-11-34-12-10-31)29-23(30-22)17-4-5-19(26)20(27)13-17/h2-6,13-14,16H,7-12,15H2,1H3. The molecular formula is C24H25ClF2N6O. The molecule has 2 aliphatic rings. The van der Waals surface area contributed by atoms with Crippen molar-refractivity contribution in [3.63, 3.8) is 0 Å². The van der Waals surface area contributed by atoms with E-state index >= 15 is 0 Å². The highest BCUT2D eigenvalue weighted by atomic mass is 35.5. The van der Waals surface area contributed by atoms with Gasteiger partial charge in [-0.3, -0.25) is 0 Å². The van der Waals surface area contributed by atoms with E-state index in [0.717, 1.165) is 36.1 Å². The lowest BCUT2D eigenvalue weighted by Gasteiger charge is -2.41. The van der Waals surface area contributed by atoms with Gasteiger partial charge in [0.05, 0.1) is 18.2 Å². The highest BCUT2D eigenvalue weighted by Gasteiger charge is 2.28. The highest BCUT2D eigenvalue weighted by molar-refractivity contribution is 6.32. The van der Waals surface area contributed by atoms with Gasteiger partial charge >= 0.3 is 0 Å². The van der Waals surface area contributed by atoms with Crippen molar-refractivity contribution in [1.82, 2.24) is 15.0 Å². The lowest BCUT2D eigenvalue weighted by molar-refractivity contribution is 0.122. The van der Waals surface area contributed by atoms with Gasteiger partial charge in [-0.25, -0.2) is 23.7 Å². The van der Waals surface area contributed by atoms with Crippen molar-refractivity contribution in [2.75, 3.05) is 60.6 Å². The van der Waals surface area contributed by atoms with Gasteiger partial charge in [0.2, 0.25) is 0 Å². The van der Waals surface area contributed by atoms with Crippen molar-refractivity contribution in [2.45, 2.75) is 13.0 Å². The number of nitrogens with zero attached hydrogens (tertiary/aromatic N) is 6. The Hall–Kier alpha value is -3.04. The van der Waals surface area contributed by atoms with Crippen LogP contribution in [0.4, 0.5) is 26.2 Å². The van der Waals surface area contributed by atoms with Crippen LogP contribution in [-0.2, 0) is 4.74 Å². The number of hydrogen-bond acceptors (Lipinski definition) is 7. The van der Waals surface area contributed by atoms with E-state index in [1.807, 2.05) is 18.2 Å². The summed E-state index contributed by atoms with van der Waals surface area (Å²) in [5.74, 6) is 0.806. The fraction of sp³-hybridized carbons (Fsp3) is 0.375. The van der Waals surface area contributed by atoms with Crippen LogP contribution in [0.25, 0.3) is 11.4 Å². The molecule has 4 heterocycles. The zero-order chi connectivity index (χ0) is 23.7. The predicted molar refractivity (Wildman–Crippen MR) is 129 cm³/mol. The van der Waals surface area contributed by atoms with Crippen LogP contribution in [-0.4, -0.2) is 66.9 Å². The van der Waals surface area contributed by atoms with Gasteiger partial charge in [0.15, 0.2) is 17.5 Å². The van der Waals surface area contributed by atoms with E-state index in [1.54, 1.807) is 6.20 Å². The first-order valence-corrected chi connectivity index (χ1v) is 11.7. The molecule has 2 aliphatic heterocycles. The van der Waals surface area contributed by atoms with Gasteiger partial charge in [0.25, 0.3) is 0 Å². The zero-order valence-corrected chi connectivity index (χ0v) is 19.5. The first-order chi connectivity index (χ1) is 16.5. The minimum Gasteiger partial charge on any atom is -0.378 e. The Labute approximate surface area is 202 Å². The molecule has 34 heavy (non-hydrogen) atoms. The minimum absolute atomic E-state index is 0.108. The number of ether oxygens (including phenoxy) is 1. The normalized spacial score (nSPS) is 18.9. The second-order valence-electron chi connectivity index (χ2n) is 8.43. The van der Waals surface area contributed by atoms with Crippen LogP contribution >= 0.6 is 11.6 Å². The highest BCUT2D eigenvalue weighted by Crippen LogP contribution is 2.30. The van der Waals surface area contributed by atoms with Crippen LogP contribution in [0, 0.1) is 11.6 Å². The Kier molecular flexibility index (Phi) is 6.47. The number of benzene rings is 1. The topological polar surface area (TPSA) is 57.6 Å². The zero-order valence-electron chi connectivity index (χ0n) is 18.8. The molecule has 0 radical (unpaired) electrons. The van der Waals surface area contributed by atoms with Crippen molar-refractivity contribution >= 4 is 29.1 Å². The van der Waals surface area contributed by atoms with Gasteiger partial charge in [0.1, 0.15) is 17.5 Å². The largest absolute Gasteiger partial charge is 0.378 e. The summed E-state index contributed by atoms with van der Waals surface area (Å²) in [5, 5.41) is 0.625. The molecule has 1 atom stereocenters. The van der Waals surface area contributed by atoms with Gasteiger partial charge in [-0.15, -0.1) is 0 Å². The third-order valence-electron chi connectivity index (χ3n) is 6.17. The number of morpholine rings is 1. The van der Waals surface area contributed by atoms with Gasteiger partial charge in [-0.05, 0) is 37.3 Å². The average Bonchev–Trinajstić information content (AvgIpc) is 2.86. The molecular weight excluding hydrogens is 462 g/mol. The summed E-state index contributed by atoms with van der Waals surface area (Å²) in [6.07, 6.45) is 1.74.